The van der Waals surface area contributed by atoms with Crippen molar-refractivity contribution < 1.29 is 9.59 Å². The SMILES string of the molecule is O=CC(Br)CCC(Br)C=O. The molecule has 0 radical (unpaired) electrons. The molecule has 0 rings (SSSR count). The number of rotatable bonds is 5. The first-order valence-corrected chi connectivity index (χ1v) is 4.72. The zero-order valence-corrected chi connectivity index (χ0v) is 8.47. The van der Waals surface area contributed by atoms with E-state index < -0.39 is 0 Å². The molecule has 0 bridgehead atoms. The smallest absolute Gasteiger partial charge is 0.133 e. The highest BCUT2D eigenvalue weighted by Gasteiger charge is 2.06. The molecule has 0 aliphatic carbocycles. The van der Waals surface area contributed by atoms with E-state index in [1.54, 1.807) is 0 Å². The number of carbonyl (C=O) groups is 2. The maximum Gasteiger partial charge on any atom is 0.133 e. The van der Waals surface area contributed by atoms with E-state index in [0.717, 1.165) is 12.6 Å². The van der Waals surface area contributed by atoms with Gasteiger partial charge in [0.2, 0.25) is 0 Å². The van der Waals surface area contributed by atoms with E-state index in [-0.39, 0.29) is 9.65 Å². The molecule has 0 spiro atoms. The van der Waals surface area contributed by atoms with Gasteiger partial charge in [-0.25, -0.2) is 0 Å². The Morgan fingerprint density at radius 1 is 1.00 bits per heavy atom. The maximum atomic E-state index is 10.1. The lowest BCUT2D eigenvalue weighted by Crippen LogP contribution is -2.05. The third-order valence-corrected chi connectivity index (χ3v) is 2.36. The average molecular weight is 272 g/mol. The lowest BCUT2D eigenvalue weighted by Gasteiger charge is -2.01. The van der Waals surface area contributed by atoms with E-state index in [0.29, 0.717) is 12.8 Å². The first kappa shape index (κ1) is 10.3. The standard InChI is InChI=1S/C6H8Br2O2/c7-5(3-9)1-2-6(8)4-10/h3-6H,1-2H2. The highest BCUT2D eigenvalue weighted by molar-refractivity contribution is 9.10. The van der Waals surface area contributed by atoms with E-state index >= 15 is 0 Å². The summed E-state index contributed by atoms with van der Waals surface area (Å²) in [6, 6.07) is 0. The molecule has 2 nitrogen and oxygen atoms in total. The molecule has 0 aliphatic rings. The second-order valence-corrected chi connectivity index (χ2v) is 4.23. The number of hydrogen-bond acceptors (Lipinski definition) is 2. The van der Waals surface area contributed by atoms with Crippen LogP contribution in [0.15, 0.2) is 0 Å². The molecule has 0 amide bonds. The topological polar surface area (TPSA) is 34.1 Å². The summed E-state index contributed by atoms with van der Waals surface area (Å²) < 4.78 is 0. The zero-order chi connectivity index (χ0) is 7.98. The Morgan fingerprint density at radius 2 is 1.30 bits per heavy atom. The van der Waals surface area contributed by atoms with Crippen LogP contribution in [-0.4, -0.2) is 22.2 Å². The van der Waals surface area contributed by atoms with Gasteiger partial charge in [0.1, 0.15) is 12.6 Å². The van der Waals surface area contributed by atoms with Crippen LogP contribution in [0.2, 0.25) is 0 Å². The Hall–Kier alpha value is 0.300. The minimum absolute atomic E-state index is 0.118. The average Bonchev–Trinajstić information content (AvgIpc) is 1.99. The van der Waals surface area contributed by atoms with Gasteiger partial charge >= 0.3 is 0 Å². The van der Waals surface area contributed by atoms with Crippen molar-refractivity contribution in [2.24, 2.45) is 0 Å². The first-order chi connectivity index (χ1) is 4.70. The van der Waals surface area contributed by atoms with Crippen LogP contribution in [0.25, 0.3) is 0 Å². The molecule has 0 heterocycles. The maximum absolute atomic E-state index is 10.1. The molecule has 2 unspecified atom stereocenters. The van der Waals surface area contributed by atoms with Gasteiger partial charge < -0.3 is 9.59 Å². The Morgan fingerprint density at radius 3 is 1.50 bits per heavy atom. The highest BCUT2D eigenvalue weighted by atomic mass is 79.9. The summed E-state index contributed by atoms with van der Waals surface area (Å²) in [6.45, 7) is 0. The third-order valence-electron chi connectivity index (χ3n) is 1.01. The molecule has 0 N–H and O–H groups in total. The zero-order valence-electron chi connectivity index (χ0n) is 5.30. The minimum Gasteiger partial charge on any atom is -0.302 e. The Labute approximate surface area is 76.6 Å². The molecule has 0 fully saturated rings. The van der Waals surface area contributed by atoms with E-state index in [1.807, 2.05) is 0 Å². The van der Waals surface area contributed by atoms with Gasteiger partial charge in [-0.2, -0.15) is 0 Å². The van der Waals surface area contributed by atoms with Crippen LogP contribution in [0.3, 0.4) is 0 Å². The fourth-order valence-corrected chi connectivity index (χ4v) is 0.983. The van der Waals surface area contributed by atoms with Crippen LogP contribution >= 0.6 is 31.9 Å². The van der Waals surface area contributed by atoms with E-state index in [9.17, 15) is 9.59 Å². The summed E-state index contributed by atoms with van der Waals surface area (Å²) in [6.07, 6.45) is 3.03. The van der Waals surface area contributed by atoms with Crippen LogP contribution < -0.4 is 0 Å². The van der Waals surface area contributed by atoms with Gasteiger partial charge in [0.05, 0.1) is 9.65 Å². The lowest BCUT2D eigenvalue weighted by atomic mass is 10.2. The normalized spacial score (nSPS) is 15.8. The van der Waals surface area contributed by atoms with Crippen LogP contribution in [0, 0.1) is 0 Å². The van der Waals surface area contributed by atoms with Gasteiger partial charge in [0, 0.05) is 0 Å². The second kappa shape index (κ2) is 6.04. The molecule has 0 saturated heterocycles. The Balaban J connectivity index is 3.34. The number of carbonyl (C=O) groups excluding carboxylic acids is 2. The van der Waals surface area contributed by atoms with Crippen LogP contribution in [0.5, 0.6) is 0 Å². The number of aldehydes is 2. The largest absolute Gasteiger partial charge is 0.302 e. The highest BCUT2D eigenvalue weighted by Crippen LogP contribution is 2.11. The fraction of sp³-hybridized carbons (Fsp3) is 0.667. The van der Waals surface area contributed by atoms with Crippen molar-refractivity contribution in [3.8, 4) is 0 Å². The summed E-state index contributed by atoms with van der Waals surface area (Å²) >= 11 is 6.26. The van der Waals surface area contributed by atoms with E-state index in [2.05, 4.69) is 31.9 Å². The Kier molecular flexibility index (Phi) is 6.22. The summed E-state index contributed by atoms with van der Waals surface area (Å²) in [4.78, 5) is 19.9. The molecular formula is C6H8Br2O2. The van der Waals surface area contributed by atoms with Gasteiger partial charge in [-0.05, 0) is 12.8 Å². The number of alkyl halides is 2. The van der Waals surface area contributed by atoms with Crippen molar-refractivity contribution in [2.45, 2.75) is 22.5 Å². The van der Waals surface area contributed by atoms with Crippen molar-refractivity contribution in [1.29, 1.82) is 0 Å². The molecule has 58 valence electrons. The molecule has 0 aromatic rings. The fourth-order valence-electron chi connectivity index (χ4n) is 0.455. The predicted octanol–water partition coefficient (Wildman–Crippen LogP) is 1.69. The summed E-state index contributed by atoms with van der Waals surface area (Å²) in [5, 5.41) is 0. The molecular weight excluding hydrogens is 264 g/mol. The van der Waals surface area contributed by atoms with Crippen LogP contribution in [0.1, 0.15) is 12.8 Å². The minimum atomic E-state index is -0.118. The second-order valence-electron chi connectivity index (χ2n) is 1.88. The van der Waals surface area contributed by atoms with Crippen LogP contribution in [-0.2, 0) is 9.59 Å². The molecule has 2 atom stereocenters. The Bertz CT molecular complexity index is 102. The van der Waals surface area contributed by atoms with Crippen molar-refractivity contribution in [1.82, 2.24) is 0 Å². The van der Waals surface area contributed by atoms with Crippen molar-refractivity contribution in [2.75, 3.05) is 0 Å². The summed E-state index contributed by atoms with van der Waals surface area (Å²) in [7, 11) is 0. The molecule has 0 saturated carbocycles. The summed E-state index contributed by atoms with van der Waals surface area (Å²) in [5.74, 6) is 0. The number of halogens is 2. The van der Waals surface area contributed by atoms with Gasteiger partial charge in [0.25, 0.3) is 0 Å². The van der Waals surface area contributed by atoms with Crippen molar-refractivity contribution in [3.63, 3.8) is 0 Å². The quantitative estimate of drug-likeness (QED) is 0.563. The van der Waals surface area contributed by atoms with Crippen molar-refractivity contribution >= 4 is 44.4 Å². The van der Waals surface area contributed by atoms with E-state index in [1.165, 1.54) is 0 Å². The summed E-state index contributed by atoms with van der Waals surface area (Å²) in [5.41, 5.74) is 0. The molecule has 10 heavy (non-hydrogen) atoms. The van der Waals surface area contributed by atoms with E-state index in [4.69, 9.17) is 0 Å². The first-order valence-electron chi connectivity index (χ1n) is 2.89. The third kappa shape index (κ3) is 5.11. The lowest BCUT2D eigenvalue weighted by molar-refractivity contribution is -0.108. The van der Waals surface area contributed by atoms with Gasteiger partial charge in [-0.15, -0.1) is 0 Å². The van der Waals surface area contributed by atoms with Gasteiger partial charge in [-0.1, -0.05) is 31.9 Å². The molecule has 0 aliphatic heterocycles. The molecule has 0 aromatic carbocycles. The predicted molar refractivity (Wildman–Crippen MR) is 46.8 cm³/mol. The van der Waals surface area contributed by atoms with Gasteiger partial charge in [0.15, 0.2) is 0 Å². The number of hydrogen-bond donors (Lipinski definition) is 0. The molecule has 4 heteroatoms. The molecule has 0 aromatic heterocycles. The van der Waals surface area contributed by atoms with Gasteiger partial charge in [-0.3, -0.25) is 0 Å². The van der Waals surface area contributed by atoms with Crippen LogP contribution in [0.4, 0.5) is 0 Å². The van der Waals surface area contributed by atoms with Crippen molar-refractivity contribution in [3.05, 3.63) is 0 Å². The monoisotopic (exact) mass is 270 g/mol.